The molecule has 0 amide bonds. The van der Waals surface area contributed by atoms with Crippen LogP contribution in [-0.4, -0.2) is 56.2 Å². The van der Waals surface area contributed by atoms with Crippen molar-refractivity contribution in [3.63, 3.8) is 0 Å². The molecule has 1 aliphatic heterocycles. The van der Waals surface area contributed by atoms with Gasteiger partial charge in [-0.3, -0.25) is 0 Å². The number of benzene rings is 2. The van der Waals surface area contributed by atoms with Gasteiger partial charge in [-0.15, -0.1) is 0 Å². The van der Waals surface area contributed by atoms with E-state index in [0.717, 1.165) is 44.7 Å². The van der Waals surface area contributed by atoms with Gasteiger partial charge >= 0.3 is 0 Å². The second kappa shape index (κ2) is 9.74. The van der Waals surface area contributed by atoms with E-state index in [1.54, 1.807) is 18.2 Å². The molecule has 1 unspecified atom stereocenters. The standard InChI is InChI=1S/C21H25Cl2FN2O/c1-25-9-11-26(12-10-25)15-16(20-7-2-17(22)14-21(20)23)8-13-27-19-5-3-18(24)4-6-19/h2-7,14,16H,8-13,15H2,1H3. The van der Waals surface area contributed by atoms with Crippen LogP contribution in [0.4, 0.5) is 4.39 Å². The van der Waals surface area contributed by atoms with Crippen LogP contribution in [0.25, 0.3) is 0 Å². The number of ether oxygens (including phenoxy) is 1. The smallest absolute Gasteiger partial charge is 0.123 e. The van der Waals surface area contributed by atoms with Crippen LogP contribution in [0.2, 0.25) is 10.0 Å². The second-order valence-electron chi connectivity index (χ2n) is 7.06. The van der Waals surface area contributed by atoms with Crippen molar-refractivity contribution in [2.75, 3.05) is 46.4 Å². The molecule has 0 N–H and O–H groups in total. The van der Waals surface area contributed by atoms with Gasteiger partial charge in [0.15, 0.2) is 0 Å². The van der Waals surface area contributed by atoms with Crippen molar-refractivity contribution in [2.24, 2.45) is 0 Å². The lowest BCUT2D eigenvalue weighted by Crippen LogP contribution is -2.45. The predicted octanol–water partition coefficient (Wildman–Crippen LogP) is 4.93. The van der Waals surface area contributed by atoms with Crippen molar-refractivity contribution in [3.05, 3.63) is 63.9 Å². The monoisotopic (exact) mass is 410 g/mol. The Morgan fingerprint density at radius 3 is 2.41 bits per heavy atom. The van der Waals surface area contributed by atoms with Crippen molar-refractivity contribution >= 4 is 23.2 Å². The number of hydrogen-bond acceptors (Lipinski definition) is 3. The third-order valence-corrected chi connectivity index (χ3v) is 5.59. The van der Waals surface area contributed by atoms with E-state index < -0.39 is 0 Å². The molecule has 2 aromatic rings. The molecule has 1 saturated heterocycles. The van der Waals surface area contributed by atoms with Gasteiger partial charge in [0.1, 0.15) is 11.6 Å². The SMILES string of the molecule is CN1CCN(CC(CCOc2ccc(F)cc2)c2ccc(Cl)cc2Cl)CC1. The van der Waals surface area contributed by atoms with Gasteiger partial charge < -0.3 is 14.5 Å². The summed E-state index contributed by atoms with van der Waals surface area (Å²) in [7, 11) is 2.15. The number of hydrogen-bond donors (Lipinski definition) is 0. The van der Waals surface area contributed by atoms with E-state index in [9.17, 15) is 4.39 Å². The number of likely N-dealkylation sites (N-methyl/N-ethyl adjacent to an activating group) is 1. The third kappa shape index (κ3) is 6.08. The summed E-state index contributed by atoms with van der Waals surface area (Å²) in [6, 6.07) is 11.8. The Labute approximate surface area is 170 Å². The molecule has 146 valence electrons. The molecule has 0 bridgehead atoms. The first kappa shape index (κ1) is 20.4. The minimum Gasteiger partial charge on any atom is -0.494 e. The van der Waals surface area contributed by atoms with Crippen molar-refractivity contribution in [1.29, 1.82) is 0 Å². The molecule has 0 aromatic heterocycles. The van der Waals surface area contributed by atoms with Gasteiger partial charge in [0, 0.05) is 48.7 Å². The molecule has 3 rings (SSSR count). The summed E-state index contributed by atoms with van der Waals surface area (Å²) in [6.45, 7) is 5.74. The van der Waals surface area contributed by atoms with E-state index in [4.69, 9.17) is 27.9 Å². The first-order valence-electron chi connectivity index (χ1n) is 9.25. The summed E-state index contributed by atoms with van der Waals surface area (Å²) < 4.78 is 18.9. The van der Waals surface area contributed by atoms with Gasteiger partial charge in [0.25, 0.3) is 0 Å². The van der Waals surface area contributed by atoms with Crippen LogP contribution in [-0.2, 0) is 0 Å². The van der Waals surface area contributed by atoms with E-state index in [-0.39, 0.29) is 11.7 Å². The maximum Gasteiger partial charge on any atom is 0.123 e. The summed E-state index contributed by atoms with van der Waals surface area (Å²) in [4.78, 5) is 4.83. The highest BCUT2D eigenvalue weighted by Crippen LogP contribution is 2.31. The molecular weight excluding hydrogens is 386 g/mol. The normalized spacial score (nSPS) is 17.0. The molecule has 0 spiro atoms. The van der Waals surface area contributed by atoms with Gasteiger partial charge in [-0.1, -0.05) is 29.3 Å². The molecular formula is C21H25Cl2FN2O. The summed E-state index contributed by atoms with van der Waals surface area (Å²) in [5, 5.41) is 1.34. The van der Waals surface area contributed by atoms with Crippen LogP contribution in [0, 0.1) is 5.82 Å². The predicted molar refractivity (Wildman–Crippen MR) is 110 cm³/mol. The van der Waals surface area contributed by atoms with E-state index in [1.165, 1.54) is 12.1 Å². The number of nitrogens with zero attached hydrogens (tertiary/aromatic N) is 2. The molecule has 0 aliphatic carbocycles. The van der Waals surface area contributed by atoms with Crippen LogP contribution < -0.4 is 4.74 Å². The zero-order chi connectivity index (χ0) is 19.2. The lowest BCUT2D eigenvalue weighted by molar-refractivity contribution is 0.142. The Hall–Kier alpha value is -1.33. The Morgan fingerprint density at radius 1 is 1.04 bits per heavy atom. The van der Waals surface area contributed by atoms with Crippen LogP contribution in [0.15, 0.2) is 42.5 Å². The zero-order valence-electron chi connectivity index (χ0n) is 15.5. The highest BCUT2D eigenvalue weighted by atomic mass is 35.5. The summed E-state index contributed by atoms with van der Waals surface area (Å²) in [5.74, 6) is 0.666. The molecule has 6 heteroatoms. The molecule has 2 aromatic carbocycles. The van der Waals surface area contributed by atoms with Gasteiger partial charge in [-0.05, 0) is 55.4 Å². The quantitative estimate of drug-likeness (QED) is 0.643. The maximum atomic E-state index is 13.0. The minimum absolute atomic E-state index is 0.249. The Balaban J connectivity index is 1.65. The fourth-order valence-electron chi connectivity index (χ4n) is 3.37. The average molecular weight is 411 g/mol. The zero-order valence-corrected chi connectivity index (χ0v) is 17.0. The minimum atomic E-state index is -0.261. The molecule has 3 nitrogen and oxygen atoms in total. The Kier molecular flexibility index (Phi) is 7.36. The lowest BCUT2D eigenvalue weighted by atomic mass is 9.95. The van der Waals surface area contributed by atoms with Crippen molar-refractivity contribution in [3.8, 4) is 5.75 Å². The van der Waals surface area contributed by atoms with E-state index in [2.05, 4.69) is 16.8 Å². The largest absolute Gasteiger partial charge is 0.494 e. The number of halogens is 3. The molecule has 1 atom stereocenters. The molecule has 1 fully saturated rings. The van der Waals surface area contributed by atoms with Crippen molar-refractivity contribution in [1.82, 2.24) is 9.80 Å². The van der Waals surface area contributed by atoms with Crippen LogP contribution >= 0.6 is 23.2 Å². The second-order valence-corrected chi connectivity index (χ2v) is 7.90. The first-order chi connectivity index (χ1) is 13.0. The van der Waals surface area contributed by atoms with Gasteiger partial charge in [0.2, 0.25) is 0 Å². The lowest BCUT2D eigenvalue weighted by Gasteiger charge is -2.35. The molecule has 27 heavy (non-hydrogen) atoms. The summed E-state index contributed by atoms with van der Waals surface area (Å²) in [6.07, 6.45) is 0.824. The highest BCUT2D eigenvalue weighted by molar-refractivity contribution is 6.35. The number of rotatable bonds is 7. The van der Waals surface area contributed by atoms with Crippen molar-refractivity contribution in [2.45, 2.75) is 12.3 Å². The highest BCUT2D eigenvalue weighted by Gasteiger charge is 2.21. The van der Waals surface area contributed by atoms with E-state index in [0.29, 0.717) is 22.4 Å². The fourth-order valence-corrected chi connectivity index (χ4v) is 3.93. The van der Waals surface area contributed by atoms with Crippen molar-refractivity contribution < 1.29 is 9.13 Å². The average Bonchev–Trinajstić information content (AvgIpc) is 2.64. The maximum absolute atomic E-state index is 13.0. The van der Waals surface area contributed by atoms with Crippen LogP contribution in [0.1, 0.15) is 17.9 Å². The van der Waals surface area contributed by atoms with E-state index >= 15 is 0 Å². The molecule has 1 aliphatic rings. The fraction of sp³-hybridized carbons (Fsp3) is 0.429. The third-order valence-electron chi connectivity index (χ3n) is 5.03. The van der Waals surface area contributed by atoms with Crippen LogP contribution in [0.5, 0.6) is 5.75 Å². The topological polar surface area (TPSA) is 15.7 Å². The van der Waals surface area contributed by atoms with Gasteiger partial charge in [-0.2, -0.15) is 0 Å². The van der Waals surface area contributed by atoms with Gasteiger partial charge in [0.05, 0.1) is 6.61 Å². The molecule has 0 radical (unpaired) electrons. The molecule has 1 heterocycles. The first-order valence-corrected chi connectivity index (χ1v) is 10.0. The van der Waals surface area contributed by atoms with E-state index in [1.807, 2.05) is 12.1 Å². The molecule has 0 saturated carbocycles. The Bertz CT molecular complexity index is 733. The van der Waals surface area contributed by atoms with Crippen LogP contribution in [0.3, 0.4) is 0 Å². The Morgan fingerprint density at radius 2 is 1.74 bits per heavy atom. The number of piperazine rings is 1. The van der Waals surface area contributed by atoms with Gasteiger partial charge in [-0.25, -0.2) is 4.39 Å². The summed E-state index contributed by atoms with van der Waals surface area (Å²) >= 11 is 12.6. The summed E-state index contributed by atoms with van der Waals surface area (Å²) in [5.41, 5.74) is 1.10.